The number of nitrogens with zero attached hydrogens (tertiary/aromatic N) is 1. The SMILES string of the molecule is CN(CCc1ccccc1)c1ccc(S(N)(=O)=O)cc1N. The number of nitrogens with two attached hydrogens (primary N) is 2. The molecule has 0 aromatic heterocycles. The van der Waals surface area contributed by atoms with Gasteiger partial charge in [0, 0.05) is 13.6 Å². The van der Waals surface area contributed by atoms with Crippen molar-refractivity contribution in [3.8, 4) is 0 Å². The van der Waals surface area contributed by atoms with Gasteiger partial charge in [-0.2, -0.15) is 0 Å². The zero-order chi connectivity index (χ0) is 15.5. The molecule has 21 heavy (non-hydrogen) atoms. The quantitative estimate of drug-likeness (QED) is 0.821. The van der Waals surface area contributed by atoms with Crippen molar-refractivity contribution in [3.63, 3.8) is 0 Å². The van der Waals surface area contributed by atoms with E-state index in [-0.39, 0.29) is 4.90 Å². The molecule has 0 aliphatic rings. The van der Waals surface area contributed by atoms with Gasteiger partial charge in [-0.15, -0.1) is 0 Å². The first-order chi connectivity index (χ1) is 9.88. The van der Waals surface area contributed by atoms with E-state index in [9.17, 15) is 8.42 Å². The lowest BCUT2D eigenvalue weighted by Crippen LogP contribution is -2.22. The molecule has 0 heterocycles. The number of sulfonamides is 1. The Morgan fingerprint density at radius 2 is 1.76 bits per heavy atom. The summed E-state index contributed by atoms with van der Waals surface area (Å²) in [5, 5.41) is 5.09. The Hall–Kier alpha value is -2.05. The zero-order valence-electron chi connectivity index (χ0n) is 11.9. The fourth-order valence-electron chi connectivity index (χ4n) is 2.12. The number of hydrogen-bond acceptors (Lipinski definition) is 4. The Bertz CT molecular complexity index is 715. The number of nitrogen functional groups attached to an aromatic ring is 1. The molecule has 6 heteroatoms. The molecular formula is C15H19N3O2S. The third-order valence-electron chi connectivity index (χ3n) is 3.32. The maximum absolute atomic E-state index is 11.3. The third kappa shape index (κ3) is 3.96. The average molecular weight is 305 g/mol. The van der Waals surface area contributed by atoms with Gasteiger partial charge in [-0.3, -0.25) is 0 Å². The molecule has 0 spiro atoms. The van der Waals surface area contributed by atoms with Crippen LogP contribution < -0.4 is 15.8 Å². The van der Waals surface area contributed by atoms with E-state index in [0.29, 0.717) is 5.69 Å². The van der Waals surface area contributed by atoms with Crippen LogP contribution in [-0.4, -0.2) is 22.0 Å². The molecule has 0 unspecified atom stereocenters. The van der Waals surface area contributed by atoms with Gasteiger partial charge in [0.2, 0.25) is 10.0 Å². The van der Waals surface area contributed by atoms with Crippen LogP contribution in [0.4, 0.5) is 11.4 Å². The highest BCUT2D eigenvalue weighted by atomic mass is 32.2. The summed E-state index contributed by atoms with van der Waals surface area (Å²) in [5.41, 5.74) is 8.36. The smallest absolute Gasteiger partial charge is 0.238 e. The van der Waals surface area contributed by atoms with Crippen molar-refractivity contribution in [1.82, 2.24) is 0 Å². The topological polar surface area (TPSA) is 89.4 Å². The van der Waals surface area contributed by atoms with Gasteiger partial charge in [0.1, 0.15) is 0 Å². The minimum Gasteiger partial charge on any atom is -0.397 e. The summed E-state index contributed by atoms with van der Waals surface area (Å²) in [6.07, 6.45) is 0.883. The van der Waals surface area contributed by atoms with Crippen molar-refractivity contribution in [2.75, 3.05) is 24.2 Å². The molecule has 0 atom stereocenters. The first-order valence-corrected chi connectivity index (χ1v) is 8.10. The fraction of sp³-hybridized carbons (Fsp3) is 0.200. The van der Waals surface area contributed by atoms with Gasteiger partial charge in [-0.05, 0) is 30.2 Å². The van der Waals surface area contributed by atoms with Gasteiger partial charge in [-0.25, -0.2) is 13.6 Å². The first-order valence-electron chi connectivity index (χ1n) is 6.55. The van der Waals surface area contributed by atoms with Crippen LogP contribution in [0.2, 0.25) is 0 Å². The average Bonchev–Trinajstić information content (AvgIpc) is 2.45. The van der Waals surface area contributed by atoms with Gasteiger partial charge in [0.15, 0.2) is 0 Å². The van der Waals surface area contributed by atoms with Crippen molar-refractivity contribution in [2.45, 2.75) is 11.3 Å². The predicted octanol–water partition coefficient (Wildman–Crippen LogP) is 1.60. The lowest BCUT2D eigenvalue weighted by atomic mass is 10.1. The Kier molecular flexibility index (Phi) is 4.50. The second kappa shape index (κ2) is 6.15. The van der Waals surface area contributed by atoms with E-state index in [0.717, 1.165) is 18.7 Å². The lowest BCUT2D eigenvalue weighted by molar-refractivity contribution is 0.598. The molecule has 112 valence electrons. The van der Waals surface area contributed by atoms with Crippen LogP contribution in [-0.2, 0) is 16.4 Å². The second-order valence-corrected chi connectivity index (χ2v) is 6.48. The standard InChI is InChI=1S/C15H19N3O2S/c1-18(10-9-12-5-3-2-4-6-12)15-8-7-13(11-14(15)16)21(17,19)20/h2-8,11H,9-10,16H2,1H3,(H2,17,19,20). The minimum atomic E-state index is -3.72. The maximum Gasteiger partial charge on any atom is 0.238 e. The molecule has 0 saturated heterocycles. The van der Waals surface area contributed by atoms with Crippen molar-refractivity contribution in [3.05, 3.63) is 54.1 Å². The van der Waals surface area contributed by atoms with Crippen LogP contribution in [0.1, 0.15) is 5.56 Å². The van der Waals surface area contributed by atoms with Crippen LogP contribution in [0.15, 0.2) is 53.4 Å². The molecule has 0 fully saturated rings. The molecule has 4 N–H and O–H groups in total. The van der Waals surface area contributed by atoms with Crippen LogP contribution >= 0.6 is 0 Å². The highest BCUT2D eigenvalue weighted by Crippen LogP contribution is 2.25. The molecule has 0 saturated carbocycles. The van der Waals surface area contributed by atoms with Crippen molar-refractivity contribution >= 4 is 21.4 Å². The molecule has 0 bridgehead atoms. The Morgan fingerprint density at radius 3 is 2.33 bits per heavy atom. The normalized spacial score (nSPS) is 11.3. The van der Waals surface area contributed by atoms with Gasteiger partial charge in [-0.1, -0.05) is 30.3 Å². The van der Waals surface area contributed by atoms with Crippen LogP contribution in [0.25, 0.3) is 0 Å². The third-order valence-corrected chi connectivity index (χ3v) is 4.23. The largest absolute Gasteiger partial charge is 0.397 e. The zero-order valence-corrected chi connectivity index (χ0v) is 12.7. The van der Waals surface area contributed by atoms with E-state index >= 15 is 0 Å². The molecule has 0 aliphatic carbocycles. The van der Waals surface area contributed by atoms with Crippen molar-refractivity contribution < 1.29 is 8.42 Å². The minimum absolute atomic E-state index is 0.0280. The molecule has 0 aliphatic heterocycles. The molecule has 2 aromatic carbocycles. The Morgan fingerprint density at radius 1 is 1.10 bits per heavy atom. The van der Waals surface area contributed by atoms with E-state index in [1.165, 1.54) is 17.7 Å². The number of likely N-dealkylation sites (N-methyl/N-ethyl adjacent to an activating group) is 1. The number of rotatable bonds is 5. The molecule has 2 rings (SSSR count). The molecule has 2 aromatic rings. The van der Waals surface area contributed by atoms with Crippen LogP contribution in [0, 0.1) is 0 Å². The summed E-state index contributed by atoms with van der Waals surface area (Å²) in [7, 11) is -1.80. The van der Waals surface area contributed by atoms with E-state index in [1.54, 1.807) is 6.07 Å². The second-order valence-electron chi connectivity index (χ2n) is 4.92. The van der Waals surface area contributed by atoms with E-state index in [1.807, 2.05) is 30.1 Å². The summed E-state index contributed by atoms with van der Waals surface area (Å²) in [5.74, 6) is 0. The number of primary sulfonamides is 1. The molecule has 0 amide bonds. The summed E-state index contributed by atoms with van der Waals surface area (Å²) in [4.78, 5) is 2.02. The lowest BCUT2D eigenvalue weighted by Gasteiger charge is -2.21. The van der Waals surface area contributed by atoms with Gasteiger partial charge < -0.3 is 10.6 Å². The summed E-state index contributed by atoms with van der Waals surface area (Å²) in [6, 6.07) is 14.7. The summed E-state index contributed by atoms with van der Waals surface area (Å²) in [6.45, 7) is 0.781. The highest BCUT2D eigenvalue weighted by molar-refractivity contribution is 7.89. The number of benzene rings is 2. The highest BCUT2D eigenvalue weighted by Gasteiger charge is 2.12. The van der Waals surface area contributed by atoms with E-state index in [4.69, 9.17) is 10.9 Å². The maximum atomic E-state index is 11.3. The molecule has 5 nitrogen and oxygen atoms in total. The van der Waals surface area contributed by atoms with Gasteiger partial charge in [0.25, 0.3) is 0 Å². The van der Waals surface area contributed by atoms with E-state index < -0.39 is 10.0 Å². The monoisotopic (exact) mass is 305 g/mol. The van der Waals surface area contributed by atoms with E-state index in [2.05, 4.69) is 12.1 Å². The van der Waals surface area contributed by atoms with Crippen LogP contribution in [0.5, 0.6) is 0 Å². The van der Waals surface area contributed by atoms with Crippen molar-refractivity contribution in [2.24, 2.45) is 5.14 Å². The Labute approximate surface area is 125 Å². The van der Waals surface area contributed by atoms with Gasteiger partial charge >= 0.3 is 0 Å². The number of anilines is 2. The Balaban J connectivity index is 2.11. The van der Waals surface area contributed by atoms with Crippen molar-refractivity contribution in [1.29, 1.82) is 0 Å². The molecule has 0 radical (unpaired) electrons. The molecular weight excluding hydrogens is 286 g/mol. The van der Waals surface area contributed by atoms with Crippen LogP contribution in [0.3, 0.4) is 0 Å². The first kappa shape index (κ1) is 15.3. The number of hydrogen-bond donors (Lipinski definition) is 2. The predicted molar refractivity (Wildman–Crippen MR) is 85.6 cm³/mol. The summed E-state index contributed by atoms with van der Waals surface area (Å²) < 4.78 is 22.6. The van der Waals surface area contributed by atoms with Gasteiger partial charge in [0.05, 0.1) is 16.3 Å². The fourth-order valence-corrected chi connectivity index (χ4v) is 2.67. The summed E-state index contributed by atoms with van der Waals surface area (Å²) >= 11 is 0.